The highest BCUT2D eigenvalue weighted by molar-refractivity contribution is 14.0. The molecule has 0 bridgehead atoms. The number of hydrogen-bond donors (Lipinski definition) is 2. The number of amides is 1. The van der Waals surface area contributed by atoms with Crippen molar-refractivity contribution in [2.24, 2.45) is 10.9 Å². The summed E-state index contributed by atoms with van der Waals surface area (Å²) < 4.78 is 41.8. The van der Waals surface area contributed by atoms with E-state index in [1.165, 1.54) is 4.90 Å². The summed E-state index contributed by atoms with van der Waals surface area (Å²) in [6.45, 7) is 10.2. The summed E-state index contributed by atoms with van der Waals surface area (Å²) in [4.78, 5) is 17.6. The van der Waals surface area contributed by atoms with Crippen molar-refractivity contribution in [1.29, 1.82) is 0 Å². The fraction of sp³-hybridized carbons (Fsp3) is 0.875. The van der Waals surface area contributed by atoms with E-state index in [0.29, 0.717) is 25.6 Å². The summed E-state index contributed by atoms with van der Waals surface area (Å²) in [6, 6.07) is 0. The lowest BCUT2D eigenvalue weighted by Gasteiger charge is -2.26. The molecule has 0 aromatic carbocycles. The van der Waals surface area contributed by atoms with Crippen molar-refractivity contribution in [3.05, 3.63) is 0 Å². The standard InChI is InChI=1S/C16H31F3N4O2.HI/c1-7-20-13(21-9-8-16(17,18)19)22-10-12(2)11-23(6)14(24)25-15(3,4)5;/h12H,7-11H2,1-6H3,(H2,20,21,22);1H. The fourth-order valence-electron chi connectivity index (χ4n) is 1.85. The maximum atomic E-state index is 12.2. The fourth-order valence-corrected chi connectivity index (χ4v) is 1.85. The van der Waals surface area contributed by atoms with Crippen LogP contribution in [-0.2, 0) is 4.74 Å². The Bertz CT molecular complexity index is 440. The molecule has 0 fully saturated rings. The molecule has 0 spiro atoms. The molecule has 6 nitrogen and oxygen atoms in total. The predicted octanol–water partition coefficient (Wildman–Crippen LogP) is 3.61. The van der Waals surface area contributed by atoms with Crippen LogP contribution >= 0.6 is 24.0 Å². The highest BCUT2D eigenvalue weighted by Crippen LogP contribution is 2.18. The zero-order valence-corrected chi connectivity index (χ0v) is 18.7. The number of hydrogen-bond acceptors (Lipinski definition) is 3. The van der Waals surface area contributed by atoms with E-state index in [1.807, 2.05) is 13.8 Å². The van der Waals surface area contributed by atoms with Gasteiger partial charge >= 0.3 is 12.3 Å². The average Bonchev–Trinajstić information content (AvgIpc) is 2.41. The molecule has 1 amide bonds. The topological polar surface area (TPSA) is 66.0 Å². The van der Waals surface area contributed by atoms with Gasteiger partial charge in [0.2, 0.25) is 0 Å². The number of nitrogens with zero attached hydrogens (tertiary/aromatic N) is 2. The van der Waals surface area contributed by atoms with Crippen molar-refractivity contribution < 1.29 is 22.7 Å². The van der Waals surface area contributed by atoms with E-state index in [-0.39, 0.29) is 36.4 Å². The third kappa shape index (κ3) is 15.3. The number of alkyl halides is 3. The van der Waals surface area contributed by atoms with Gasteiger partial charge in [-0.15, -0.1) is 24.0 Å². The number of rotatable bonds is 7. The van der Waals surface area contributed by atoms with E-state index < -0.39 is 24.3 Å². The van der Waals surface area contributed by atoms with E-state index in [9.17, 15) is 18.0 Å². The van der Waals surface area contributed by atoms with Gasteiger partial charge in [0.1, 0.15) is 5.60 Å². The first kappa shape index (κ1) is 27.3. The second kappa shape index (κ2) is 12.4. The van der Waals surface area contributed by atoms with Crippen molar-refractivity contribution in [3.63, 3.8) is 0 Å². The van der Waals surface area contributed by atoms with Crippen molar-refractivity contribution in [1.82, 2.24) is 15.5 Å². The van der Waals surface area contributed by atoms with E-state index in [0.717, 1.165) is 0 Å². The van der Waals surface area contributed by atoms with Gasteiger partial charge in [-0.25, -0.2) is 4.79 Å². The van der Waals surface area contributed by atoms with Crippen LogP contribution in [-0.4, -0.2) is 62.0 Å². The lowest BCUT2D eigenvalue weighted by molar-refractivity contribution is -0.132. The number of carbonyl (C=O) groups excluding carboxylic acids is 1. The molecule has 0 heterocycles. The highest BCUT2D eigenvalue weighted by Gasteiger charge is 2.26. The number of nitrogens with one attached hydrogen (secondary N) is 2. The van der Waals surface area contributed by atoms with Crippen molar-refractivity contribution in [2.75, 3.05) is 33.2 Å². The second-order valence-electron chi connectivity index (χ2n) is 6.98. The molecule has 0 aliphatic heterocycles. The highest BCUT2D eigenvalue weighted by atomic mass is 127. The number of aliphatic imine (C=N–C) groups is 1. The predicted molar refractivity (Wildman–Crippen MR) is 108 cm³/mol. The Hall–Kier alpha value is -0.940. The zero-order valence-electron chi connectivity index (χ0n) is 16.4. The minimum Gasteiger partial charge on any atom is -0.444 e. The number of halogens is 4. The van der Waals surface area contributed by atoms with E-state index in [2.05, 4.69) is 15.6 Å². The molecule has 1 unspecified atom stereocenters. The zero-order chi connectivity index (χ0) is 19.7. The first-order valence-corrected chi connectivity index (χ1v) is 8.37. The van der Waals surface area contributed by atoms with Crippen molar-refractivity contribution >= 4 is 36.0 Å². The summed E-state index contributed by atoms with van der Waals surface area (Å²) in [6.07, 6.45) is -5.54. The SMILES string of the molecule is CCNC(=NCC(C)CN(C)C(=O)OC(C)(C)C)NCCC(F)(F)F.I. The van der Waals surface area contributed by atoms with Gasteiger partial charge in [-0.05, 0) is 33.6 Å². The molecular formula is C16H32F3IN4O2. The van der Waals surface area contributed by atoms with E-state index in [4.69, 9.17) is 4.74 Å². The summed E-state index contributed by atoms with van der Waals surface area (Å²) in [5.74, 6) is 0.356. The van der Waals surface area contributed by atoms with Crippen LogP contribution in [0, 0.1) is 5.92 Å². The van der Waals surface area contributed by atoms with Gasteiger partial charge in [-0.1, -0.05) is 6.92 Å². The summed E-state index contributed by atoms with van der Waals surface area (Å²) in [5.41, 5.74) is -0.562. The molecule has 10 heteroatoms. The number of guanidine groups is 1. The normalized spacial score (nSPS) is 13.5. The van der Waals surface area contributed by atoms with Gasteiger partial charge in [-0.3, -0.25) is 4.99 Å². The molecule has 0 aliphatic carbocycles. The van der Waals surface area contributed by atoms with Crippen LogP contribution in [0.4, 0.5) is 18.0 Å². The molecule has 0 rings (SSSR count). The average molecular weight is 496 g/mol. The largest absolute Gasteiger partial charge is 0.444 e. The number of ether oxygens (including phenoxy) is 1. The van der Waals surface area contributed by atoms with Gasteiger partial charge < -0.3 is 20.3 Å². The maximum absolute atomic E-state index is 12.2. The lowest BCUT2D eigenvalue weighted by Crippen LogP contribution is -2.40. The maximum Gasteiger partial charge on any atom is 0.410 e. The Morgan fingerprint density at radius 3 is 2.27 bits per heavy atom. The first-order valence-electron chi connectivity index (χ1n) is 8.37. The summed E-state index contributed by atoms with van der Waals surface area (Å²) >= 11 is 0. The lowest BCUT2D eigenvalue weighted by atomic mass is 10.2. The molecule has 0 aromatic rings. The van der Waals surface area contributed by atoms with Gasteiger partial charge in [0, 0.05) is 33.2 Å². The minimum absolute atomic E-state index is 0. The quantitative estimate of drug-likeness (QED) is 0.321. The first-order chi connectivity index (χ1) is 11.3. The van der Waals surface area contributed by atoms with Crippen LogP contribution in [0.25, 0.3) is 0 Å². The Labute approximate surface area is 171 Å². The molecule has 0 radical (unpaired) electrons. The smallest absolute Gasteiger partial charge is 0.410 e. The van der Waals surface area contributed by atoms with Crippen LogP contribution in [0.2, 0.25) is 0 Å². The Morgan fingerprint density at radius 2 is 1.81 bits per heavy atom. The molecule has 0 saturated carbocycles. The minimum atomic E-state index is -4.20. The van der Waals surface area contributed by atoms with Crippen molar-refractivity contribution in [2.45, 2.75) is 52.8 Å². The molecule has 1 atom stereocenters. The van der Waals surface area contributed by atoms with Crippen LogP contribution < -0.4 is 10.6 Å². The van der Waals surface area contributed by atoms with Gasteiger partial charge in [0.15, 0.2) is 5.96 Å². The van der Waals surface area contributed by atoms with Crippen LogP contribution in [0.1, 0.15) is 41.0 Å². The van der Waals surface area contributed by atoms with Gasteiger partial charge in [0.25, 0.3) is 0 Å². The Balaban J connectivity index is 0. The molecule has 0 aromatic heterocycles. The summed E-state index contributed by atoms with van der Waals surface area (Å²) in [5, 5.41) is 5.55. The molecule has 2 N–H and O–H groups in total. The Kier molecular flexibility index (Phi) is 13.1. The molecule has 26 heavy (non-hydrogen) atoms. The van der Waals surface area contributed by atoms with Crippen LogP contribution in [0.15, 0.2) is 4.99 Å². The van der Waals surface area contributed by atoms with Crippen LogP contribution in [0.3, 0.4) is 0 Å². The van der Waals surface area contributed by atoms with Gasteiger partial charge in [-0.2, -0.15) is 13.2 Å². The second-order valence-corrected chi connectivity index (χ2v) is 6.98. The molecule has 156 valence electrons. The van der Waals surface area contributed by atoms with Crippen molar-refractivity contribution in [3.8, 4) is 0 Å². The third-order valence-electron chi connectivity index (χ3n) is 2.90. The molecular weight excluding hydrogens is 464 g/mol. The van der Waals surface area contributed by atoms with E-state index >= 15 is 0 Å². The monoisotopic (exact) mass is 496 g/mol. The Morgan fingerprint density at radius 1 is 1.23 bits per heavy atom. The van der Waals surface area contributed by atoms with Gasteiger partial charge in [0.05, 0.1) is 6.42 Å². The summed E-state index contributed by atoms with van der Waals surface area (Å²) in [7, 11) is 1.64. The number of carbonyl (C=O) groups is 1. The molecule has 0 saturated heterocycles. The molecule has 0 aliphatic rings. The van der Waals surface area contributed by atoms with E-state index in [1.54, 1.807) is 27.8 Å². The van der Waals surface area contributed by atoms with Crippen LogP contribution in [0.5, 0.6) is 0 Å². The third-order valence-corrected chi connectivity index (χ3v) is 2.90.